The first-order valence-electron chi connectivity index (χ1n) is 6.19. The van der Waals surface area contributed by atoms with E-state index in [4.69, 9.17) is 0 Å². The van der Waals surface area contributed by atoms with Crippen LogP contribution in [0.5, 0.6) is 0 Å². The molecule has 20 heavy (non-hydrogen) atoms. The zero-order valence-corrected chi connectivity index (χ0v) is 12.4. The van der Waals surface area contributed by atoms with Gasteiger partial charge < -0.3 is 0 Å². The monoisotopic (exact) mass is 288 g/mol. The molecular formula is C16H14FO2P. The van der Waals surface area contributed by atoms with E-state index in [9.17, 15) is 13.8 Å². The van der Waals surface area contributed by atoms with Gasteiger partial charge in [-0.3, -0.25) is 9.36 Å². The standard InChI is InChI=1S/C16H14FO2P/c1-9-6-10(2)15(11(3)7-9)16(18)13-8-12(17)4-5-14(13)20-19/h4-8H,1-3H3. The molecule has 0 fully saturated rings. The predicted molar refractivity (Wildman–Crippen MR) is 77.7 cm³/mol. The van der Waals surface area contributed by atoms with Crippen LogP contribution in [-0.4, -0.2) is 5.78 Å². The van der Waals surface area contributed by atoms with E-state index in [2.05, 4.69) is 0 Å². The number of benzene rings is 2. The summed E-state index contributed by atoms with van der Waals surface area (Å²) in [6.07, 6.45) is 0. The summed E-state index contributed by atoms with van der Waals surface area (Å²) >= 11 is 0. The Kier molecular flexibility index (Phi) is 4.10. The van der Waals surface area contributed by atoms with E-state index in [1.165, 1.54) is 12.1 Å². The SMILES string of the molecule is Cc1cc(C)c(C(=O)c2cc(F)ccc2P=O)c(C)c1. The molecule has 2 aromatic rings. The lowest BCUT2D eigenvalue weighted by Crippen LogP contribution is -2.14. The van der Waals surface area contributed by atoms with Crippen LogP contribution in [0.1, 0.15) is 32.6 Å². The van der Waals surface area contributed by atoms with Crippen molar-refractivity contribution in [1.29, 1.82) is 0 Å². The Morgan fingerprint density at radius 3 is 2.20 bits per heavy atom. The van der Waals surface area contributed by atoms with Crippen LogP contribution in [0.25, 0.3) is 0 Å². The predicted octanol–water partition coefficient (Wildman–Crippen LogP) is 3.90. The first kappa shape index (κ1) is 14.5. The molecule has 0 unspecified atom stereocenters. The quantitative estimate of drug-likeness (QED) is 0.634. The number of ketones is 1. The maximum Gasteiger partial charge on any atom is 0.194 e. The van der Waals surface area contributed by atoms with Crippen LogP contribution in [0.4, 0.5) is 4.39 Å². The van der Waals surface area contributed by atoms with E-state index in [1.54, 1.807) is 0 Å². The highest BCUT2D eigenvalue weighted by Crippen LogP contribution is 2.21. The second-order valence-electron chi connectivity index (χ2n) is 4.86. The highest BCUT2D eigenvalue weighted by molar-refractivity contribution is 7.34. The van der Waals surface area contributed by atoms with Gasteiger partial charge in [0, 0.05) is 11.1 Å². The summed E-state index contributed by atoms with van der Waals surface area (Å²) in [6.45, 7) is 5.65. The highest BCUT2D eigenvalue weighted by atomic mass is 31.1. The van der Waals surface area contributed by atoms with Gasteiger partial charge in [-0.1, -0.05) is 17.7 Å². The summed E-state index contributed by atoms with van der Waals surface area (Å²) in [4.78, 5) is 12.6. The third-order valence-electron chi connectivity index (χ3n) is 3.21. The fourth-order valence-corrected chi connectivity index (χ4v) is 2.84. The van der Waals surface area contributed by atoms with Gasteiger partial charge in [0.15, 0.2) is 14.2 Å². The number of carbonyl (C=O) groups excluding carboxylic acids is 1. The number of aryl methyl sites for hydroxylation is 3. The Morgan fingerprint density at radius 1 is 1.05 bits per heavy atom. The number of carbonyl (C=O) groups is 1. The average Bonchev–Trinajstić information content (AvgIpc) is 2.37. The van der Waals surface area contributed by atoms with Gasteiger partial charge in [0.2, 0.25) is 0 Å². The molecule has 0 aromatic heterocycles. The highest BCUT2D eigenvalue weighted by Gasteiger charge is 2.19. The minimum absolute atomic E-state index is 0.150. The van der Waals surface area contributed by atoms with Gasteiger partial charge in [-0.05, 0) is 50.1 Å². The Hall–Kier alpha value is -1.86. The maximum absolute atomic E-state index is 13.4. The summed E-state index contributed by atoms with van der Waals surface area (Å²) < 4.78 is 24.5. The van der Waals surface area contributed by atoms with Gasteiger partial charge in [-0.25, -0.2) is 4.39 Å². The van der Waals surface area contributed by atoms with Crippen molar-refractivity contribution >= 4 is 19.5 Å². The van der Waals surface area contributed by atoms with Gasteiger partial charge in [0.1, 0.15) is 5.82 Å². The van der Waals surface area contributed by atoms with Gasteiger partial charge in [-0.15, -0.1) is 0 Å². The summed E-state index contributed by atoms with van der Waals surface area (Å²) in [5, 5.41) is 0.302. The van der Waals surface area contributed by atoms with Crippen LogP contribution < -0.4 is 5.30 Å². The lowest BCUT2D eigenvalue weighted by atomic mass is 9.93. The average molecular weight is 288 g/mol. The number of rotatable bonds is 3. The van der Waals surface area contributed by atoms with Crippen molar-refractivity contribution in [3.8, 4) is 0 Å². The molecule has 0 saturated carbocycles. The number of hydrogen-bond acceptors (Lipinski definition) is 2. The third-order valence-corrected chi connectivity index (χ3v) is 3.79. The largest absolute Gasteiger partial charge is 0.289 e. The summed E-state index contributed by atoms with van der Waals surface area (Å²) in [7, 11) is -0.289. The van der Waals surface area contributed by atoms with Crippen molar-refractivity contribution in [3.63, 3.8) is 0 Å². The fraction of sp³-hybridized carbons (Fsp3) is 0.188. The van der Waals surface area contributed by atoms with Crippen molar-refractivity contribution < 1.29 is 13.8 Å². The molecule has 0 saturated heterocycles. The molecule has 0 spiro atoms. The first-order valence-corrected chi connectivity index (χ1v) is 7.00. The normalized spacial score (nSPS) is 10.8. The summed E-state index contributed by atoms with van der Waals surface area (Å²) in [5.74, 6) is -0.805. The molecule has 0 aliphatic rings. The first-order chi connectivity index (χ1) is 9.43. The lowest BCUT2D eigenvalue weighted by molar-refractivity contribution is 0.103. The van der Waals surface area contributed by atoms with Crippen LogP contribution in [0.3, 0.4) is 0 Å². The Labute approximate surface area is 118 Å². The fourth-order valence-electron chi connectivity index (χ4n) is 2.44. The van der Waals surface area contributed by atoms with E-state index >= 15 is 0 Å². The van der Waals surface area contributed by atoms with E-state index < -0.39 is 5.82 Å². The molecule has 2 aromatic carbocycles. The van der Waals surface area contributed by atoms with Gasteiger partial charge >= 0.3 is 0 Å². The van der Waals surface area contributed by atoms with Crippen LogP contribution in [0.15, 0.2) is 30.3 Å². The molecule has 0 N–H and O–H groups in total. The minimum Gasteiger partial charge on any atom is -0.289 e. The zero-order valence-electron chi connectivity index (χ0n) is 11.5. The van der Waals surface area contributed by atoms with Crippen LogP contribution in [0, 0.1) is 26.6 Å². The zero-order chi connectivity index (χ0) is 14.9. The summed E-state index contributed by atoms with van der Waals surface area (Å²) in [6, 6.07) is 7.53. The van der Waals surface area contributed by atoms with Gasteiger partial charge in [0.05, 0.1) is 5.30 Å². The Bertz CT molecular complexity index is 685. The molecule has 0 atom stereocenters. The topological polar surface area (TPSA) is 34.1 Å². The molecule has 0 amide bonds. The molecule has 0 aliphatic carbocycles. The molecule has 4 heteroatoms. The second kappa shape index (κ2) is 5.64. The molecular weight excluding hydrogens is 274 g/mol. The van der Waals surface area contributed by atoms with Gasteiger partial charge in [0.25, 0.3) is 0 Å². The number of halogens is 1. The minimum atomic E-state index is -0.511. The smallest absolute Gasteiger partial charge is 0.194 e. The van der Waals surface area contributed by atoms with Crippen LogP contribution in [0.2, 0.25) is 0 Å². The number of hydrogen-bond donors (Lipinski definition) is 0. The van der Waals surface area contributed by atoms with E-state index in [1.807, 2.05) is 32.9 Å². The third kappa shape index (κ3) is 2.68. The van der Waals surface area contributed by atoms with Crippen molar-refractivity contribution in [2.24, 2.45) is 0 Å². The molecule has 0 radical (unpaired) electrons. The molecule has 0 aliphatic heterocycles. The van der Waals surface area contributed by atoms with Gasteiger partial charge in [-0.2, -0.15) is 0 Å². The van der Waals surface area contributed by atoms with Crippen LogP contribution >= 0.6 is 8.46 Å². The molecule has 0 bridgehead atoms. The molecule has 102 valence electrons. The Balaban J connectivity index is 2.63. The van der Waals surface area contributed by atoms with E-state index in [-0.39, 0.29) is 19.8 Å². The van der Waals surface area contributed by atoms with Crippen molar-refractivity contribution in [2.45, 2.75) is 20.8 Å². The van der Waals surface area contributed by atoms with Crippen molar-refractivity contribution in [3.05, 3.63) is 64.0 Å². The van der Waals surface area contributed by atoms with Crippen molar-refractivity contribution in [1.82, 2.24) is 0 Å². The van der Waals surface area contributed by atoms with Crippen molar-refractivity contribution in [2.75, 3.05) is 0 Å². The summed E-state index contributed by atoms with van der Waals surface area (Å²) in [5.41, 5.74) is 3.44. The second-order valence-corrected chi connectivity index (χ2v) is 5.52. The van der Waals surface area contributed by atoms with Crippen LogP contribution in [-0.2, 0) is 4.57 Å². The van der Waals surface area contributed by atoms with E-state index in [0.29, 0.717) is 10.9 Å². The maximum atomic E-state index is 13.4. The molecule has 2 rings (SSSR count). The molecule has 2 nitrogen and oxygen atoms in total. The Morgan fingerprint density at radius 2 is 1.65 bits per heavy atom. The molecule has 0 heterocycles. The lowest BCUT2D eigenvalue weighted by Gasteiger charge is -2.11. The van der Waals surface area contributed by atoms with E-state index in [0.717, 1.165) is 22.8 Å².